The molecule has 4 aromatic rings. The SMILES string of the molecule is Cc1cncc(-c2ccc(C(=O)O)n2Cc2cccc3ccsc23)c1. The van der Waals surface area contributed by atoms with Gasteiger partial charge in [0, 0.05) is 29.2 Å². The Balaban J connectivity index is 1.86. The van der Waals surface area contributed by atoms with Crippen molar-refractivity contribution in [1.29, 1.82) is 0 Å². The molecule has 0 aliphatic heterocycles. The molecule has 0 aliphatic carbocycles. The van der Waals surface area contributed by atoms with E-state index >= 15 is 0 Å². The maximum atomic E-state index is 11.7. The summed E-state index contributed by atoms with van der Waals surface area (Å²) in [7, 11) is 0. The maximum Gasteiger partial charge on any atom is 0.352 e. The molecule has 0 amide bonds. The lowest BCUT2D eigenvalue weighted by molar-refractivity contribution is 0.0686. The summed E-state index contributed by atoms with van der Waals surface area (Å²) in [5, 5.41) is 12.8. The van der Waals surface area contributed by atoms with E-state index < -0.39 is 5.97 Å². The average Bonchev–Trinajstić information content (AvgIpc) is 3.22. The number of aryl methyl sites for hydroxylation is 1. The fourth-order valence-corrected chi connectivity index (χ4v) is 4.03. The lowest BCUT2D eigenvalue weighted by Gasteiger charge is -2.13. The van der Waals surface area contributed by atoms with Crippen LogP contribution in [0.1, 0.15) is 21.6 Å². The Hall–Kier alpha value is -2.92. The van der Waals surface area contributed by atoms with Crippen LogP contribution in [0.2, 0.25) is 0 Å². The number of carboxylic acids is 1. The number of fused-ring (bicyclic) bond motifs is 1. The number of hydrogen-bond acceptors (Lipinski definition) is 3. The highest BCUT2D eigenvalue weighted by Gasteiger charge is 2.17. The second-order valence-corrected chi connectivity index (χ2v) is 6.92. The van der Waals surface area contributed by atoms with Gasteiger partial charge in [0.2, 0.25) is 0 Å². The molecule has 1 N–H and O–H groups in total. The van der Waals surface area contributed by atoms with Crippen molar-refractivity contribution < 1.29 is 9.90 Å². The van der Waals surface area contributed by atoms with E-state index in [2.05, 4.69) is 28.6 Å². The second-order valence-electron chi connectivity index (χ2n) is 6.00. The molecule has 0 fully saturated rings. The molecule has 4 rings (SSSR count). The lowest BCUT2D eigenvalue weighted by atomic mass is 10.1. The van der Waals surface area contributed by atoms with Crippen LogP contribution >= 0.6 is 11.3 Å². The zero-order valence-electron chi connectivity index (χ0n) is 13.6. The summed E-state index contributed by atoms with van der Waals surface area (Å²) in [6, 6.07) is 13.8. The van der Waals surface area contributed by atoms with E-state index in [0.717, 1.165) is 22.4 Å². The first-order valence-electron chi connectivity index (χ1n) is 7.93. The van der Waals surface area contributed by atoms with E-state index in [9.17, 15) is 9.90 Å². The summed E-state index contributed by atoms with van der Waals surface area (Å²) >= 11 is 1.68. The van der Waals surface area contributed by atoms with Crippen LogP contribution < -0.4 is 0 Å². The average molecular weight is 348 g/mol. The van der Waals surface area contributed by atoms with Crippen molar-refractivity contribution >= 4 is 27.4 Å². The monoisotopic (exact) mass is 348 g/mol. The topological polar surface area (TPSA) is 55.1 Å². The molecule has 0 spiro atoms. The van der Waals surface area contributed by atoms with Gasteiger partial charge in [0.1, 0.15) is 5.69 Å². The van der Waals surface area contributed by atoms with Gasteiger partial charge < -0.3 is 9.67 Å². The Kier molecular flexibility index (Phi) is 3.86. The molecule has 1 aromatic carbocycles. The lowest BCUT2D eigenvalue weighted by Crippen LogP contribution is -2.11. The largest absolute Gasteiger partial charge is 0.477 e. The van der Waals surface area contributed by atoms with Crippen molar-refractivity contribution in [2.45, 2.75) is 13.5 Å². The molecule has 3 aromatic heterocycles. The number of pyridine rings is 1. The van der Waals surface area contributed by atoms with Gasteiger partial charge in [0.05, 0.1) is 5.69 Å². The molecule has 0 aliphatic rings. The highest BCUT2D eigenvalue weighted by molar-refractivity contribution is 7.17. The second kappa shape index (κ2) is 6.18. The van der Waals surface area contributed by atoms with Gasteiger partial charge in [0.15, 0.2) is 0 Å². The molecule has 0 unspecified atom stereocenters. The zero-order chi connectivity index (χ0) is 17.4. The molecule has 0 saturated heterocycles. The van der Waals surface area contributed by atoms with Crippen molar-refractivity contribution in [3.05, 3.63) is 77.1 Å². The Labute approximate surface area is 149 Å². The van der Waals surface area contributed by atoms with E-state index in [1.54, 1.807) is 29.8 Å². The van der Waals surface area contributed by atoms with Crippen molar-refractivity contribution in [1.82, 2.24) is 9.55 Å². The number of benzene rings is 1. The molecule has 5 heteroatoms. The van der Waals surface area contributed by atoms with E-state index in [1.807, 2.05) is 29.7 Å². The van der Waals surface area contributed by atoms with E-state index in [0.29, 0.717) is 6.54 Å². The predicted octanol–water partition coefficient (Wildman–Crippen LogP) is 4.82. The van der Waals surface area contributed by atoms with E-state index in [1.165, 1.54) is 10.1 Å². The molecular weight excluding hydrogens is 332 g/mol. The summed E-state index contributed by atoms with van der Waals surface area (Å²) in [6.07, 6.45) is 3.57. The van der Waals surface area contributed by atoms with Gasteiger partial charge in [-0.2, -0.15) is 0 Å². The number of thiophene rings is 1. The maximum absolute atomic E-state index is 11.7. The summed E-state index contributed by atoms with van der Waals surface area (Å²) in [6.45, 7) is 2.49. The number of carboxylic acid groups (broad SMARTS) is 1. The molecule has 0 atom stereocenters. The number of nitrogens with zero attached hydrogens (tertiary/aromatic N) is 2. The van der Waals surface area contributed by atoms with Gasteiger partial charge in [-0.1, -0.05) is 18.2 Å². The summed E-state index contributed by atoms with van der Waals surface area (Å²) in [5.41, 5.74) is 4.23. The van der Waals surface area contributed by atoms with Crippen LogP contribution in [-0.2, 0) is 6.54 Å². The number of rotatable bonds is 4. The number of aromatic nitrogens is 2. The molecular formula is C20H16N2O2S. The fourth-order valence-electron chi connectivity index (χ4n) is 3.12. The van der Waals surface area contributed by atoms with Crippen LogP contribution in [0.15, 0.2) is 60.2 Å². The quantitative estimate of drug-likeness (QED) is 0.575. The molecule has 25 heavy (non-hydrogen) atoms. The van der Waals surface area contributed by atoms with Crippen LogP contribution in [0.3, 0.4) is 0 Å². The zero-order valence-corrected chi connectivity index (χ0v) is 14.5. The Morgan fingerprint density at radius 2 is 2.08 bits per heavy atom. The third-order valence-corrected chi connectivity index (χ3v) is 5.27. The third kappa shape index (κ3) is 2.83. The van der Waals surface area contributed by atoms with Crippen molar-refractivity contribution in [3.63, 3.8) is 0 Å². The Morgan fingerprint density at radius 1 is 1.20 bits per heavy atom. The van der Waals surface area contributed by atoms with Gasteiger partial charge >= 0.3 is 5.97 Å². The Morgan fingerprint density at radius 3 is 2.88 bits per heavy atom. The number of hydrogen-bond donors (Lipinski definition) is 1. The van der Waals surface area contributed by atoms with Crippen molar-refractivity contribution in [2.75, 3.05) is 0 Å². The van der Waals surface area contributed by atoms with Gasteiger partial charge in [-0.25, -0.2) is 4.79 Å². The van der Waals surface area contributed by atoms with Gasteiger partial charge in [-0.3, -0.25) is 4.98 Å². The first kappa shape index (κ1) is 15.6. The van der Waals surface area contributed by atoms with Crippen LogP contribution in [0, 0.1) is 6.92 Å². The first-order chi connectivity index (χ1) is 12.1. The highest BCUT2D eigenvalue weighted by atomic mass is 32.1. The van der Waals surface area contributed by atoms with Gasteiger partial charge in [-0.05, 0) is 53.1 Å². The van der Waals surface area contributed by atoms with E-state index in [-0.39, 0.29) is 5.69 Å². The predicted molar refractivity (Wildman–Crippen MR) is 100 cm³/mol. The third-order valence-electron chi connectivity index (χ3n) is 4.26. The summed E-state index contributed by atoms with van der Waals surface area (Å²) in [4.78, 5) is 15.9. The minimum absolute atomic E-state index is 0.282. The molecule has 0 saturated carbocycles. The van der Waals surface area contributed by atoms with Gasteiger partial charge in [-0.15, -0.1) is 11.3 Å². The molecule has 3 heterocycles. The number of aromatic carboxylic acids is 1. The minimum atomic E-state index is -0.926. The van der Waals surface area contributed by atoms with E-state index in [4.69, 9.17) is 0 Å². The molecule has 0 bridgehead atoms. The molecule has 124 valence electrons. The highest BCUT2D eigenvalue weighted by Crippen LogP contribution is 2.29. The summed E-state index contributed by atoms with van der Waals surface area (Å²) < 4.78 is 3.05. The first-order valence-corrected chi connectivity index (χ1v) is 8.81. The minimum Gasteiger partial charge on any atom is -0.477 e. The normalized spacial score (nSPS) is 11.1. The molecule has 0 radical (unpaired) electrons. The number of carbonyl (C=O) groups is 1. The van der Waals surface area contributed by atoms with Gasteiger partial charge in [0.25, 0.3) is 0 Å². The van der Waals surface area contributed by atoms with Crippen LogP contribution in [0.5, 0.6) is 0 Å². The standard InChI is InChI=1S/C20H16N2O2S/c1-13-9-16(11-21-10-13)17-5-6-18(20(23)24)22(17)12-15-4-2-3-14-7-8-25-19(14)15/h2-11H,12H2,1H3,(H,23,24). The Bertz CT molecular complexity index is 1080. The summed E-state index contributed by atoms with van der Waals surface area (Å²) in [5.74, 6) is -0.926. The van der Waals surface area contributed by atoms with Crippen LogP contribution in [0.4, 0.5) is 0 Å². The van der Waals surface area contributed by atoms with Crippen LogP contribution in [-0.4, -0.2) is 20.6 Å². The fraction of sp³-hybridized carbons (Fsp3) is 0.100. The molecule has 4 nitrogen and oxygen atoms in total. The van der Waals surface area contributed by atoms with Crippen molar-refractivity contribution in [3.8, 4) is 11.3 Å². The van der Waals surface area contributed by atoms with Crippen LogP contribution in [0.25, 0.3) is 21.3 Å². The van der Waals surface area contributed by atoms with Crippen molar-refractivity contribution in [2.24, 2.45) is 0 Å². The smallest absolute Gasteiger partial charge is 0.352 e.